The van der Waals surface area contributed by atoms with Gasteiger partial charge in [0.05, 0.1) is 26.9 Å². The van der Waals surface area contributed by atoms with E-state index >= 15 is 0 Å². The van der Waals surface area contributed by atoms with Crippen LogP contribution in [0.25, 0.3) is 0 Å². The fraction of sp³-hybridized carbons (Fsp3) is 0.440. The number of ether oxygens (including phenoxy) is 3. The van der Waals surface area contributed by atoms with Gasteiger partial charge < -0.3 is 24.8 Å². The molecule has 0 radical (unpaired) electrons. The van der Waals surface area contributed by atoms with E-state index in [0.717, 1.165) is 11.9 Å². The molecule has 9 nitrogen and oxygen atoms in total. The van der Waals surface area contributed by atoms with E-state index in [2.05, 4.69) is 15.2 Å². The molecular weight excluding hydrogens is 541 g/mol. The Kier molecular flexibility index (Phi) is 9.82. The number of rotatable bonds is 11. The van der Waals surface area contributed by atoms with E-state index in [1.165, 1.54) is 0 Å². The topological polar surface area (TPSA) is 115 Å². The maximum Gasteiger partial charge on any atom is 0.310 e. The van der Waals surface area contributed by atoms with Crippen molar-refractivity contribution in [3.05, 3.63) is 63.0 Å². The summed E-state index contributed by atoms with van der Waals surface area (Å²) in [5.74, 6) is -1.99. The van der Waals surface area contributed by atoms with Crippen molar-refractivity contribution in [2.75, 3.05) is 18.5 Å². The van der Waals surface area contributed by atoms with Gasteiger partial charge >= 0.3 is 5.97 Å². The second kappa shape index (κ2) is 12.4. The molecule has 0 saturated carbocycles. The lowest BCUT2D eigenvalue weighted by Gasteiger charge is -2.22. The van der Waals surface area contributed by atoms with Gasteiger partial charge in [0.1, 0.15) is 12.7 Å². The van der Waals surface area contributed by atoms with Gasteiger partial charge in [0.25, 0.3) is 5.91 Å². The van der Waals surface area contributed by atoms with Crippen LogP contribution in [0, 0.1) is 4.91 Å². The first-order chi connectivity index (χ1) is 17.4. The maximum absolute atomic E-state index is 12.8. The zero-order valence-corrected chi connectivity index (χ0v) is 23.2. The lowest BCUT2D eigenvalue weighted by Crippen LogP contribution is -2.46. The highest BCUT2D eigenvalue weighted by molar-refractivity contribution is 7.99. The quantitative estimate of drug-likeness (QED) is 0.202. The minimum absolute atomic E-state index is 0.0385. The van der Waals surface area contributed by atoms with Gasteiger partial charge in [-0.3, -0.25) is 9.59 Å². The number of esters is 1. The van der Waals surface area contributed by atoms with Crippen molar-refractivity contribution in [3.8, 4) is 0 Å². The van der Waals surface area contributed by atoms with Gasteiger partial charge in [0.15, 0.2) is 11.9 Å². The molecule has 1 aliphatic rings. The molecule has 1 amide bonds. The number of amides is 1. The average molecular weight is 570 g/mol. The van der Waals surface area contributed by atoms with E-state index in [9.17, 15) is 14.5 Å². The van der Waals surface area contributed by atoms with Crippen molar-refractivity contribution < 1.29 is 23.8 Å². The summed E-state index contributed by atoms with van der Waals surface area (Å²) in [6, 6.07) is 12.4. The van der Waals surface area contributed by atoms with Crippen molar-refractivity contribution in [2.24, 2.45) is 4.58 Å². The standard InChI is InChI=1S/C25H29Cl2N3O6S/c1-24(2,37-30-33)14-28-23(32)22-19(35-25(3,4)36-22)13-34-20(31)12-15-8-5-6-11-18(15)29-21-16(26)9-7-10-17(21)27/h5-11,19,22,29H,12-14H2,1-4H3,(H,28,32)/t19-,22-/m1/s1. The van der Waals surface area contributed by atoms with Crippen LogP contribution >= 0.6 is 35.1 Å². The van der Waals surface area contributed by atoms with Gasteiger partial charge in [-0.25, -0.2) is 0 Å². The van der Waals surface area contributed by atoms with E-state index < -0.39 is 34.6 Å². The van der Waals surface area contributed by atoms with Gasteiger partial charge in [-0.1, -0.05) is 47.5 Å². The molecular formula is C25H29Cl2N3O6S. The largest absolute Gasteiger partial charge is 0.463 e. The van der Waals surface area contributed by atoms with Gasteiger partial charge in [-0.05, 0) is 51.5 Å². The number of anilines is 2. The summed E-state index contributed by atoms with van der Waals surface area (Å²) in [5, 5.41) is 6.82. The smallest absolute Gasteiger partial charge is 0.310 e. The summed E-state index contributed by atoms with van der Waals surface area (Å²) in [6.07, 6.45) is -1.85. The fourth-order valence-corrected chi connectivity index (χ4v) is 4.47. The summed E-state index contributed by atoms with van der Waals surface area (Å²) in [5.41, 5.74) is 1.86. The molecule has 37 heavy (non-hydrogen) atoms. The van der Waals surface area contributed by atoms with Crippen molar-refractivity contribution in [1.29, 1.82) is 0 Å². The lowest BCUT2D eigenvalue weighted by molar-refractivity contribution is -0.161. The minimum atomic E-state index is -1.04. The predicted octanol–water partition coefficient (Wildman–Crippen LogP) is 5.65. The van der Waals surface area contributed by atoms with Gasteiger partial charge in [-0.2, -0.15) is 0 Å². The molecule has 3 rings (SSSR count). The number of nitrogens with one attached hydrogen (secondary N) is 2. The highest BCUT2D eigenvalue weighted by atomic mass is 35.5. The highest BCUT2D eigenvalue weighted by Crippen LogP contribution is 2.34. The van der Waals surface area contributed by atoms with E-state index in [-0.39, 0.29) is 19.6 Å². The van der Waals surface area contributed by atoms with Crippen LogP contribution in [0.15, 0.2) is 47.0 Å². The molecule has 1 aliphatic heterocycles. The predicted molar refractivity (Wildman–Crippen MR) is 145 cm³/mol. The Hall–Kier alpha value is -2.37. The summed E-state index contributed by atoms with van der Waals surface area (Å²) in [7, 11) is 0. The van der Waals surface area contributed by atoms with Gasteiger partial charge in [-0.15, -0.1) is 4.91 Å². The molecule has 0 unspecified atom stereocenters. The zero-order valence-electron chi connectivity index (χ0n) is 20.9. The summed E-state index contributed by atoms with van der Waals surface area (Å²) < 4.78 is 19.3. The van der Waals surface area contributed by atoms with E-state index in [1.807, 2.05) is 6.07 Å². The Morgan fingerprint density at radius 2 is 1.78 bits per heavy atom. The summed E-state index contributed by atoms with van der Waals surface area (Å²) in [4.78, 5) is 36.1. The van der Waals surface area contributed by atoms with Crippen molar-refractivity contribution in [1.82, 2.24) is 5.32 Å². The Morgan fingerprint density at radius 1 is 1.11 bits per heavy atom. The molecule has 2 N–H and O–H groups in total. The second-order valence-corrected chi connectivity index (χ2v) is 11.7. The van der Waals surface area contributed by atoms with Crippen LogP contribution in [-0.4, -0.2) is 47.8 Å². The molecule has 1 heterocycles. The summed E-state index contributed by atoms with van der Waals surface area (Å²) in [6.45, 7) is 6.91. The Labute approximate surface area is 230 Å². The van der Waals surface area contributed by atoms with E-state index in [1.54, 1.807) is 64.1 Å². The highest BCUT2D eigenvalue weighted by Gasteiger charge is 2.46. The number of nitrogens with zero attached hydrogens (tertiary/aromatic N) is 1. The number of nitroso groups, excluding NO2 is 1. The number of halogens is 2. The zero-order chi connectivity index (χ0) is 27.2. The molecule has 2 aromatic carbocycles. The molecule has 12 heteroatoms. The number of para-hydroxylation sites is 2. The third-order valence-electron chi connectivity index (χ3n) is 5.40. The maximum atomic E-state index is 12.8. The van der Waals surface area contributed by atoms with E-state index in [4.69, 9.17) is 37.4 Å². The number of carbonyl (C=O) groups is 2. The van der Waals surface area contributed by atoms with Crippen LogP contribution in [-0.2, 0) is 30.2 Å². The molecule has 2 aromatic rings. The first kappa shape index (κ1) is 29.2. The van der Waals surface area contributed by atoms with Crippen LogP contribution in [0.1, 0.15) is 33.3 Å². The second-order valence-electron chi connectivity index (χ2n) is 9.48. The van der Waals surface area contributed by atoms with Crippen molar-refractivity contribution in [3.63, 3.8) is 0 Å². The third-order valence-corrected chi connectivity index (χ3v) is 6.74. The fourth-order valence-electron chi connectivity index (χ4n) is 3.64. The molecule has 200 valence electrons. The minimum Gasteiger partial charge on any atom is -0.463 e. The summed E-state index contributed by atoms with van der Waals surface area (Å²) >= 11 is 13.4. The molecule has 0 bridgehead atoms. The van der Waals surface area contributed by atoms with E-state index in [0.29, 0.717) is 27.0 Å². The van der Waals surface area contributed by atoms with Crippen LogP contribution < -0.4 is 10.6 Å². The molecule has 0 aliphatic carbocycles. The number of hydrogen-bond donors (Lipinski definition) is 2. The number of carbonyl (C=O) groups excluding carboxylic acids is 2. The molecule has 1 fully saturated rings. The van der Waals surface area contributed by atoms with Gasteiger partial charge in [0.2, 0.25) is 0 Å². The molecule has 2 atom stereocenters. The lowest BCUT2D eigenvalue weighted by atomic mass is 10.1. The van der Waals surface area contributed by atoms with Crippen LogP contribution in [0.4, 0.5) is 11.4 Å². The molecule has 0 spiro atoms. The van der Waals surface area contributed by atoms with Crippen LogP contribution in [0.2, 0.25) is 10.0 Å². The van der Waals surface area contributed by atoms with Crippen molar-refractivity contribution >= 4 is 58.4 Å². The molecule has 0 aromatic heterocycles. The van der Waals surface area contributed by atoms with Crippen LogP contribution in [0.5, 0.6) is 0 Å². The normalized spacial score (nSPS) is 18.8. The van der Waals surface area contributed by atoms with Crippen molar-refractivity contribution in [2.45, 2.75) is 56.9 Å². The Morgan fingerprint density at radius 3 is 2.46 bits per heavy atom. The average Bonchev–Trinajstić information content (AvgIpc) is 3.14. The van der Waals surface area contributed by atoms with Gasteiger partial charge in [0, 0.05) is 28.8 Å². The first-order valence-corrected chi connectivity index (χ1v) is 13.0. The third kappa shape index (κ3) is 8.31. The monoisotopic (exact) mass is 569 g/mol. The van der Waals surface area contributed by atoms with Crippen LogP contribution in [0.3, 0.4) is 0 Å². The molecule has 1 saturated heterocycles. The Bertz CT molecular complexity index is 1130. The Balaban J connectivity index is 1.62. The number of hydrogen-bond acceptors (Lipinski definition) is 9. The SMILES string of the molecule is CC1(C)O[C@H](COC(=O)Cc2ccccc2Nc2c(Cl)cccc2Cl)[C@H](C(=O)NCC(C)(C)SN=O)O1. The first-order valence-electron chi connectivity index (χ1n) is 11.5. The number of benzene rings is 2.